The predicted molar refractivity (Wildman–Crippen MR) is 111 cm³/mol. The lowest BCUT2D eigenvalue weighted by molar-refractivity contribution is -0.136. The maximum atomic E-state index is 12.3. The summed E-state index contributed by atoms with van der Waals surface area (Å²) < 4.78 is 0. The van der Waals surface area contributed by atoms with Gasteiger partial charge in [0.25, 0.3) is 5.56 Å². The number of carboxylic acids is 1. The standard InChI is InChI=1S/C20H16N4O4S/c25-16(10-29-13-3-5-21-6-4-13)23-12-1-2-15-14(8-12)18-11(7-17(26)27)9-22-20(28)19(18)24-15/h1-6,8-9,24H,7,10H2,(H,22,28)(H,23,25)(H,26,27). The number of pyridine rings is 2. The molecule has 4 rings (SSSR count). The number of amides is 1. The van der Waals surface area contributed by atoms with Crippen molar-refractivity contribution in [3.05, 3.63) is 64.8 Å². The van der Waals surface area contributed by atoms with E-state index in [9.17, 15) is 14.4 Å². The second kappa shape index (κ2) is 7.80. The molecule has 8 nitrogen and oxygen atoms in total. The Morgan fingerprint density at radius 1 is 1.17 bits per heavy atom. The zero-order valence-corrected chi connectivity index (χ0v) is 15.9. The van der Waals surface area contributed by atoms with Crippen molar-refractivity contribution in [2.24, 2.45) is 0 Å². The third-order valence-electron chi connectivity index (χ3n) is 4.37. The number of carbonyl (C=O) groups excluding carboxylic acids is 1. The summed E-state index contributed by atoms with van der Waals surface area (Å²) in [6, 6.07) is 8.89. The molecule has 0 unspecified atom stereocenters. The van der Waals surface area contributed by atoms with Crippen molar-refractivity contribution in [1.29, 1.82) is 0 Å². The largest absolute Gasteiger partial charge is 0.481 e. The summed E-state index contributed by atoms with van der Waals surface area (Å²) in [6.07, 6.45) is 4.53. The molecular formula is C20H16N4O4S. The maximum absolute atomic E-state index is 12.3. The Kier molecular flexibility index (Phi) is 5.05. The van der Waals surface area contributed by atoms with Crippen molar-refractivity contribution in [3.8, 4) is 0 Å². The molecule has 0 saturated heterocycles. The number of anilines is 1. The fourth-order valence-electron chi connectivity index (χ4n) is 3.15. The number of aromatic nitrogens is 3. The molecule has 0 saturated carbocycles. The zero-order chi connectivity index (χ0) is 20.4. The molecule has 0 aliphatic carbocycles. The predicted octanol–water partition coefficient (Wildman–Crippen LogP) is 2.76. The molecule has 4 N–H and O–H groups in total. The SMILES string of the molecule is O=C(O)Cc1c[nH]c(=O)c2[nH]c3ccc(NC(=O)CSc4ccncc4)cc3c12. The molecule has 146 valence electrons. The van der Waals surface area contributed by atoms with Gasteiger partial charge in [0, 0.05) is 45.5 Å². The number of hydrogen-bond acceptors (Lipinski definition) is 5. The van der Waals surface area contributed by atoms with E-state index in [0.29, 0.717) is 33.1 Å². The molecule has 0 radical (unpaired) electrons. The van der Waals surface area contributed by atoms with Crippen LogP contribution in [0, 0.1) is 0 Å². The molecule has 29 heavy (non-hydrogen) atoms. The molecule has 1 amide bonds. The molecular weight excluding hydrogens is 392 g/mol. The van der Waals surface area contributed by atoms with Crippen LogP contribution in [0.4, 0.5) is 5.69 Å². The van der Waals surface area contributed by atoms with E-state index in [1.807, 2.05) is 12.1 Å². The van der Waals surface area contributed by atoms with Gasteiger partial charge in [-0.25, -0.2) is 0 Å². The van der Waals surface area contributed by atoms with E-state index in [0.717, 1.165) is 4.90 Å². The first-order chi connectivity index (χ1) is 14.0. The van der Waals surface area contributed by atoms with Crippen LogP contribution in [0.5, 0.6) is 0 Å². The summed E-state index contributed by atoms with van der Waals surface area (Å²) in [5, 5.41) is 13.2. The van der Waals surface area contributed by atoms with Gasteiger partial charge < -0.3 is 20.4 Å². The van der Waals surface area contributed by atoms with Crippen LogP contribution >= 0.6 is 11.8 Å². The molecule has 0 spiro atoms. The van der Waals surface area contributed by atoms with Gasteiger partial charge in [0.1, 0.15) is 5.52 Å². The van der Waals surface area contributed by atoms with Gasteiger partial charge in [-0.3, -0.25) is 19.4 Å². The van der Waals surface area contributed by atoms with Gasteiger partial charge >= 0.3 is 5.97 Å². The number of carboxylic acid groups (broad SMARTS) is 1. The first-order valence-electron chi connectivity index (χ1n) is 8.72. The molecule has 0 bridgehead atoms. The fourth-order valence-corrected chi connectivity index (χ4v) is 3.84. The molecule has 3 aromatic heterocycles. The van der Waals surface area contributed by atoms with Crippen LogP contribution in [0.15, 0.2) is 58.6 Å². The Balaban J connectivity index is 1.63. The summed E-state index contributed by atoms with van der Waals surface area (Å²) in [6.45, 7) is 0. The minimum absolute atomic E-state index is 0.172. The summed E-state index contributed by atoms with van der Waals surface area (Å²) in [4.78, 5) is 46.1. The Morgan fingerprint density at radius 2 is 1.97 bits per heavy atom. The molecule has 0 aliphatic heterocycles. The van der Waals surface area contributed by atoms with Gasteiger partial charge in [-0.2, -0.15) is 0 Å². The van der Waals surface area contributed by atoms with Gasteiger partial charge in [0.2, 0.25) is 5.91 Å². The van der Waals surface area contributed by atoms with Gasteiger partial charge in [0.05, 0.1) is 12.2 Å². The number of nitrogens with zero attached hydrogens (tertiary/aromatic N) is 1. The lowest BCUT2D eigenvalue weighted by Gasteiger charge is -2.06. The van der Waals surface area contributed by atoms with E-state index >= 15 is 0 Å². The summed E-state index contributed by atoms with van der Waals surface area (Å²) >= 11 is 1.40. The van der Waals surface area contributed by atoms with Gasteiger partial charge in [0.15, 0.2) is 0 Å². The van der Waals surface area contributed by atoms with Crippen molar-refractivity contribution in [1.82, 2.24) is 15.0 Å². The minimum atomic E-state index is -0.995. The summed E-state index contributed by atoms with van der Waals surface area (Å²) in [5.41, 5.74) is 1.74. The van der Waals surface area contributed by atoms with Gasteiger partial charge in [-0.15, -0.1) is 11.8 Å². The zero-order valence-electron chi connectivity index (χ0n) is 15.1. The van der Waals surface area contributed by atoms with Crippen molar-refractivity contribution in [2.75, 3.05) is 11.1 Å². The first-order valence-corrected chi connectivity index (χ1v) is 9.70. The first kappa shape index (κ1) is 18.8. The highest BCUT2D eigenvalue weighted by Gasteiger charge is 2.15. The Bertz CT molecular complexity index is 1280. The summed E-state index contributed by atoms with van der Waals surface area (Å²) in [5.74, 6) is -0.931. The molecule has 9 heteroatoms. The number of nitrogens with one attached hydrogen (secondary N) is 3. The normalized spacial score (nSPS) is 11.0. The molecule has 4 aromatic rings. The van der Waals surface area contributed by atoms with E-state index in [4.69, 9.17) is 5.11 Å². The van der Waals surface area contributed by atoms with Crippen LogP contribution in [0.25, 0.3) is 21.8 Å². The number of aliphatic carboxylic acids is 1. The highest BCUT2D eigenvalue weighted by atomic mass is 32.2. The monoisotopic (exact) mass is 408 g/mol. The number of benzene rings is 1. The molecule has 0 atom stereocenters. The molecule has 1 aromatic carbocycles. The van der Waals surface area contributed by atoms with E-state index in [1.54, 1.807) is 30.6 Å². The number of carbonyl (C=O) groups is 2. The lowest BCUT2D eigenvalue weighted by Crippen LogP contribution is -2.13. The van der Waals surface area contributed by atoms with E-state index in [1.165, 1.54) is 18.0 Å². The second-order valence-electron chi connectivity index (χ2n) is 6.37. The van der Waals surface area contributed by atoms with Crippen molar-refractivity contribution in [2.45, 2.75) is 11.3 Å². The number of rotatable bonds is 6. The van der Waals surface area contributed by atoms with Crippen molar-refractivity contribution >= 4 is 51.1 Å². The maximum Gasteiger partial charge on any atom is 0.307 e. The number of thioether (sulfide) groups is 1. The second-order valence-corrected chi connectivity index (χ2v) is 7.42. The van der Waals surface area contributed by atoms with Crippen molar-refractivity contribution in [3.63, 3.8) is 0 Å². The lowest BCUT2D eigenvalue weighted by atomic mass is 10.1. The van der Waals surface area contributed by atoms with Crippen LogP contribution in [0.3, 0.4) is 0 Å². The third-order valence-corrected chi connectivity index (χ3v) is 5.38. The number of aromatic amines is 2. The van der Waals surface area contributed by atoms with Crippen LogP contribution in [-0.2, 0) is 16.0 Å². The Labute approximate surface area is 168 Å². The van der Waals surface area contributed by atoms with Crippen molar-refractivity contribution < 1.29 is 14.7 Å². The van der Waals surface area contributed by atoms with Gasteiger partial charge in [-0.1, -0.05) is 0 Å². The third kappa shape index (κ3) is 3.99. The topological polar surface area (TPSA) is 128 Å². The fraction of sp³-hybridized carbons (Fsp3) is 0.100. The average molecular weight is 408 g/mol. The van der Waals surface area contributed by atoms with Crippen LogP contribution in [0.2, 0.25) is 0 Å². The van der Waals surface area contributed by atoms with E-state index in [2.05, 4.69) is 20.3 Å². The molecule has 3 heterocycles. The highest BCUT2D eigenvalue weighted by Crippen LogP contribution is 2.29. The van der Waals surface area contributed by atoms with E-state index < -0.39 is 5.97 Å². The van der Waals surface area contributed by atoms with Crippen LogP contribution < -0.4 is 10.9 Å². The highest BCUT2D eigenvalue weighted by molar-refractivity contribution is 8.00. The Morgan fingerprint density at radius 3 is 2.72 bits per heavy atom. The van der Waals surface area contributed by atoms with Crippen LogP contribution in [-0.4, -0.2) is 37.7 Å². The Hall–Kier alpha value is -3.59. The summed E-state index contributed by atoms with van der Waals surface area (Å²) in [7, 11) is 0. The minimum Gasteiger partial charge on any atom is -0.481 e. The average Bonchev–Trinajstić information content (AvgIpc) is 3.09. The van der Waals surface area contributed by atoms with E-state index in [-0.39, 0.29) is 23.6 Å². The molecule has 0 aliphatic rings. The van der Waals surface area contributed by atoms with Crippen LogP contribution in [0.1, 0.15) is 5.56 Å². The number of H-pyrrole nitrogens is 2. The number of fused-ring (bicyclic) bond motifs is 3. The molecule has 0 fully saturated rings. The number of hydrogen-bond donors (Lipinski definition) is 4. The quantitative estimate of drug-likeness (QED) is 0.363. The van der Waals surface area contributed by atoms with Gasteiger partial charge in [-0.05, 0) is 35.9 Å². The smallest absolute Gasteiger partial charge is 0.307 e.